The highest BCUT2D eigenvalue weighted by atomic mass is 19.4. The lowest BCUT2D eigenvalue weighted by Crippen LogP contribution is -2.38. The maximum Gasteiger partial charge on any atom is 0.416 e. The van der Waals surface area contributed by atoms with Gasteiger partial charge in [-0.3, -0.25) is 9.69 Å². The highest BCUT2D eigenvalue weighted by Gasteiger charge is 2.30. The Morgan fingerprint density at radius 2 is 1.77 bits per heavy atom. The molecule has 2 aromatic rings. The van der Waals surface area contributed by atoms with Crippen LogP contribution in [0.4, 0.5) is 13.2 Å². The highest BCUT2D eigenvalue weighted by molar-refractivity contribution is 5.76. The summed E-state index contributed by atoms with van der Waals surface area (Å²) in [5.74, 6) is 0.870. The van der Waals surface area contributed by atoms with E-state index in [-0.39, 0.29) is 11.9 Å². The molecule has 1 atom stereocenters. The molecule has 0 spiro atoms. The van der Waals surface area contributed by atoms with E-state index in [1.165, 1.54) is 12.1 Å². The number of carbonyl (C=O) groups excluding carboxylic acids is 1. The summed E-state index contributed by atoms with van der Waals surface area (Å²) in [6.07, 6.45) is -3.42. The number of halogens is 3. The molecule has 1 aliphatic rings. The van der Waals surface area contributed by atoms with Gasteiger partial charge in [-0.15, -0.1) is 0 Å². The van der Waals surface area contributed by atoms with Gasteiger partial charge in [-0.2, -0.15) is 13.2 Å². The molecule has 1 aliphatic heterocycles. The van der Waals surface area contributed by atoms with E-state index in [2.05, 4.69) is 4.90 Å². The first-order valence-electron chi connectivity index (χ1n) is 10.1. The Morgan fingerprint density at radius 3 is 2.43 bits per heavy atom. The van der Waals surface area contributed by atoms with E-state index in [0.717, 1.165) is 17.4 Å². The second kappa shape index (κ2) is 9.51. The van der Waals surface area contributed by atoms with Gasteiger partial charge in [0.2, 0.25) is 5.91 Å². The molecule has 7 heteroatoms. The van der Waals surface area contributed by atoms with Crippen molar-refractivity contribution in [1.82, 2.24) is 9.80 Å². The smallest absolute Gasteiger partial charge is 0.416 e. The lowest BCUT2D eigenvalue weighted by molar-refractivity contribution is -0.137. The molecule has 0 saturated carbocycles. The van der Waals surface area contributed by atoms with E-state index in [4.69, 9.17) is 4.74 Å². The second-order valence-corrected chi connectivity index (χ2v) is 7.70. The third kappa shape index (κ3) is 5.75. The van der Waals surface area contributed by atoms with E-state index >= 15 is 0 Å². The average Bonchev–Trinajstić information content (AvgIpc) is 2.90. The van der Waals surface area contributed by atoms with Crippen LogP contribution in [0.5, 0.6) is 5.75 Å². The van der Waals surface area contributed by atoms with Crippen LogP contribution in [0.3, 0.4) is 0 Å². The zero-order valence-electron chi connectivity index (χ0n) is 17.3. The minimum atomic E-state index is -4.34. The summed E-state index contributed by atoms with van der Waals surface area (Å²) in [6, 6.07) is 13.2. The number of hydrogen-bond donors (Lipinski definition) is 0. The molecular weight excluding hydrogens is 393 g/mol. The SMILES string of the molecule is COc1ccc(CN2CCN([C@H](C)Cc3cccc(C(F)(F)F)c3)CCC2=O)cc1. The van der Waals surface area contributed by atoms with Crippen LogP contribution in [-0.2, 0) is 23.9 Å². The Hall–Kier alpha value is -2.54. The lowest BCUT2D eigenvalue weighted by Gasteiger charge is -2.28. The fraction of sp³-hybridized carbons (Fsp3) is 0.435. The monoisotopic (exact) mass is 420 g/mol. The normalized spacial score (nSPS) is 17.0. The first kappa shape index (κ1) is 22.2. The summed E-state index contributed by atoms with van der Waals surface area (Å²) in [4.78, 5) is 16.6. The molecule has 1 amide bonds. The largest absolute Gasteiger partial charge is 0.497 e. The maximum atomic E-state index is 13.0. The summed E-state index contributed by atoms with van der Waals surface area (Å²) in [6.45, 7) is 4.44. The molecule has 1 saturated heterocycles. The Balaban J connectivity index is 1.60. The van der Waals surface area contributed by atoms with Gasteiger partial charge in [0.15, 0.2) is 0 Å². The average molecular weight is 420 g/mol. The topological polar surface area (TPSA) is 32.8 Å². The van der Waals surface area contributed by atoms with Gasteiger partial charge in [-0.25, -0.2) is 0 Å². The van der Waals surface area contributed by atoms with E-state index in [1.807, 2.05) is 36.1 Å². The number of nitrogens with zero attached hydrogens (tertiary/aromatic N) is 2. The standard InChI is InChI=1S/C23H27F3N2O2/c1-17(14-19-4-3-5-20(15-19)23(24,25)26)27-11-10-22(29)28(13-12-27)16-18-6-8-21(30-2)9-7-18/h3-9,15,17H,10-14,16H2,1-2H3/t17-/m1/s1. The van der Waals surface area contributed by atoms with Crippen LogP contribution in [0, 0.1) is 0 Å². The minimum absolute atomic E-state index is 0.0437. The number of alkyl halides is 3. The Kier molecular flexibility index (Phi) is 7.02. The van der Waals surface area contributed by atoms with Crippen molar-refractivity contribution in [3.05, 3.63) is 65.2 Å². The van der Waals surface area contributed by atoms with Crippen LogP contribution in [0.2, 0.25) is 0 Å². The van der Waals surface area contributed by atoms with Crippen LogP contribution >= 0.6 is 0 Å². The van der Waals surface area contributed by atoms with Gasteiger partial charge in [-0.1, -0.05) is 30.3 Å². The molecule has 1 heterocycles. The van der Waals surface area contributed by atoms with Crippen molar-refractivity contribution in [1.29, 1.82) is 0 Å². The van der Waals surface area contributed by atoms with Crippen LogP contribution in [-0.4, -0.2) is 48.5 Å². The predicted molar refractivity (Wildman–Crippen MR) is 109 cm³/mol. The number of hydrogen-bond acceptors (Lipinski definition) is 3. The summed E-state index contributed by atoms with van der Waals surface area (Å²) in [7, 11) is 1.61. The van der Waals surface area contributed by atoms with Gasteiger partial charge in [-0.05, 0) is 42.7 Å². The first-order valence-corrected chi connectivity index (χ1v) is 10.1. The number of rotatable bonds is 6. The van der Waals surface area contributed by atoms with Gasteiger partial charge in [0.1, 0.15) is 5.75 Å². The Morgan fingerprint density at radius 1 is 1.03 bits per heavy atom. The zero-order chi connectivity index (χ0) is 21.7. The molecule has 0 N–H and O–H groups in total. The number of amides is 1. The van der Waals surface area contributed by atoms with Crippen molar-refractivity contribution in [2.45, 2.75) is 38.5 Å². The summed E-state index contributed by atoms with van der Waals surface area (Å²) in [5, 5.41) is 0. The van der Waals surface area contributed by atoms with Crippen molar-refractivity contribution < 1.29 is 22.7 Å². The van der Waals surface area contributed by atoms with Crippen molar-refractivity contribution >= 4 is 5.91 Å². The molecule has 30 heavy (non-hydrogen) atoms. The van der Waals surface area contributed by atoms with Crippen LogP contribution < -0.4 is 4.74 Å². The number of methoxy groups -OCH3 is 1. The molecule has 0 unspecified atom stereocenters. The molecule has 0 radical (unpaired) electrons. The fourth-order valence-corrected chi connectivity index (χ4v) is 3.79. The Labute approximate surface area is 175 Å². The molecule has 4 nitrogen and oxygen atoms in total. The third-order valence-electron chi connectivity index (χ3n) is 5.56. The van der Waals surface area contributed by atoms with E-state index < -0.39 is 11.7 Å². The summed E-state index contributed by atoms with van der Waals surface area (Å²) >= 11 is 0. The van der Waals surface area contributed by atoms with Crippen molar-refractivity contribution in [3.8, 4) is 5.75 Å². The van der Waals surface area contributed by atoms with Crippen LogP contribution in [0.25, 0.3) is 0 Å². The Bertz CT molecular complexity index is 852. The second-order valence-electron chi connectivity index (χ2n) is 7.70. The third-order valence-corrected chi connectivity index (χ3v) is 5.56. The molecule has 2 aromatic carbocycles. The molecular formula is C23H27F3N2O2. The molecule has 3 rings (SSSR count). The lowest BCUT2D eigenvalue weighted by atomic mass is 10.0. The van der Waals surface area contributed by atoms with E-state index in [9.17, 15) is 18.0 Å². The van der Waals surface area contributed by atoms with Gasteiger partial charge >= 0.3 is 6.18 Å². The molecule has 0 aliphatic carbocycles. The van der Waals surface area contributed by atoms with Gasteiger partial charge in [0.25, 0.3) is 0 Å². The van der Waals surface area contributed by atoms with Crippen LogP contribution in [0.15, 0.2) is 48.5 Å². The van der Waals surface area contributed by atoms with E-state index in [0.29, 0.717) is 44.6 Å². The van der Waals surface area contributed by atoms with E-state index in [1.54, 1.807) is 13.2 Å². The van der Waals surface area contributed by atoms with Crippen molar-refractivity contribution in [2.75, 3.05) is 26.7 Å². The summed E-state index contributed by atoms with van der Waals surface area (Å²) < 4.78 is 44.0. The number of benzene rings is 2. The van der Waals surface area contributed by atoms with Crippen molar-refractivity contribution in [3.63, 3.8) is 0 Å². The first-order chi connectivity index (χ1) is 14.3. The van der Waals surface area contributed by atoms with Gasteiger partial charge < -0.3 is 9.64 Å². The zero-order valence-corrected chi connectivity index (χ0v) is 17.3. The number of ether oxygens (including phenoxy) is 1. The van der Waals surface area contributed by atoms with Crippen molar-refractivity contribution in [2.24, 2.45) is 0 Å². The highest BCUT2D eigenvalue weighted by Crippen LogP contribution is 2.30. The molecule has 1 fully saturated rings. The fourth-order valence-electron chi connectivity index (χ4n) is 3.79. The summed E-state index contributed by atoms with van der Waals surface area (Å²) in [5.41, 5.74) is 1.07. The van der Waals surface area contributed by atoms with Gasteiger partial charge in [0, 0.05) is 38.6 Å². The predicted octanol–water partition coefficient (Wildman–Crippen LogP) is 4.38. The number of carbonyl (C=O) groups is 1. The minimum Gasteiger partial charge on any atom is -0.497 e. The molecule has 0 aromatic heterocycles. The van der Waals surface area contributed by atoms with Crippen LogP contribution in [0.1, 0.15) is 30.0 Å². The quantitative estimate of drug-likeness (QED) is 0.695. The van der Waals surface area contributed by atoms with Gasteiger partial charge in [0.05, 0.1) is 12.7 Å². The molecule has 162 valence electrons. The maximum absolute atomic E-state index is 13.0. The molecule has 0 bridgehead atoms.